The van der Waals surface area contributed by atoms with E-state index in [2.05, 4.69) is 11.9 Å². The van der Waals surface area contributed by atoms with E-state index in [-0.39, 0.29) is 5.91 Å². The van der Waals surface area contributed by atoms with Crippen molar-refractivity contribution in [3.05, 3.63) is 12.7 Å². The molecule has 3 heteroatoms. The zero-order chi connectivity index (χ0) is 11.3. The minimum Gasteiger partial charge on any atom is -0.338 e. The Balaban J connectivity index is 0.000000531. The summed E-state index contributed by atoms with van der Waals surface area (Å²) in [5.41, 5.74) is 0.448. The highest BCUT2D eigenvalue weighted by atomic mass is 16.2. The number of rotatable bonds is 1. The molecule has 0 bridgehead atoms. The summed E-state index contributed by atoms with van der Waals surface area (Å²) < 4.78 is 0. The lowest BCUT2D eigenvalue weighted by molar-refractivity contribution is -0.139. The van der Waals surface area contributed by atoms with Crippen molar-refractivity contribution in [2.24, 2.45) is 5.41 Å². The SMILES string of the molecule is C=CC(=O)N1CC2(CCNCC2)C1.CC. The van der Waals surface area contributed by atoms with Gasteiger partial charge in [-0.2, -0.15) is 0 Å². The van der Waals surface area contributed by atoms with E-state index in [0.29, 0.717) is 5.41 Å². The van der Waals surface area contributed by atoms with Crippen LogP contribution in [0.2, 0.25) is 0 Å². The Morgan fingerprint density at radius 3 is 2.33 bits per heavy atom. The van der Waals surface area contributed by atoms with Crippen LogP contribution in [0, 0.1) is 5.41 Å². The lowest BCUT2D eigenvalue weighted by Crippen LogP contribution is -2.61. The second-order valence-corrected chi connectivity index (χ2v) is 4.15. The van der Waals surface area contributed by atoms with Gasteiger partial charge in [0.15, 0.2) is 0 Å². The molecule has 2 aliphatic heterocycles. The summed E-state index contributed by atoms with van der Waals surface area (Å²) >= 11 is 0. The minimum atomic E-state index is 0.0872. The van der Waals surface area contributed by atoms with Gasteiger partial charge in [0.25, 0.3) is 0 Å². The highest BCUT2D eigenvalue weighted by Gasteiger charge is 2.44. The third-order valence-electron chi connectivity index (χ3n) is 3.20. The fraction of sp³-hybridized carbons (Fsp3) is 0.750. The summed E-state index contributed by atoms with van der Waals surface area (Å²) in [5, 5.41) is 3.34. The van der Waals surface area contributed by atoms with E-state index in [4.69, 9.17) is 0 Å². The molecule has 0 atom stereocenters. The molecular weight excluding hydrogens is 188 g/mol. The van der Waals surface area contributed by atoms with Crippen LogP contribution < -0.4 is 5.32 Å². The van der Waals surface area contributed by atoms with E-state index in [1.165, 1.54) is 18.9 Å². The summed E-state index contributed by atoms with van der Waals surface area (Å²) in [6.45, 7) is 11.6. The van der Waals surface area contributed by atoms with Crippen LogP contribution in [0.15, 0.2) is 12.7 Å². The van der Waals surface area contributed by atoms with Gasteiger partial charge < -0.3 is 10.2 Å². The maximum absolute atomic E-state index is 11.2. The zero-order valence-electron chi connectivity index (χ0n) is 9.88. The third kappa shape index (κ3) is 2.59. The van der Waals surface area contributed by atoms with Crippen LogP contribution in [0.4, 0.5) is 0 Å². The van der Waals surface area contributed by atoms with Gasteiger partial charge in [0.1, 0.15) is 0 Å². The summed E-state index contributed by atoms with van der Waals surface area (Å²) in [6, 6.07) is 0. The molecule has 15 heavy (non-hydrogen) atoms. The van der Waals surface area contributed by atoms with Crippen LogP contribution in [0.3, 0.4) is 0 Å². The largest absolute Gasteiger partial charge is 0.338 e. The molecular formula is C12H22N2O. The highest BCUT2D eigenvalue weighted by molar-refractivity contribution is 5.87. The Kier molecular flexibility index (Phi) is 4.33. The summed E-state index contributed by atoms with van der Waals surface area (Å²) in [6.07, 6.45) is 3.84. The predicted octanol–water partition coefficient (Wildman–Crippen LogP) is 1.41. The van der Waals surface area contributed by atoms with Crippen molar-refractivity contribution in [3.8, 4) is 0 Å². The van der Waals surface area contributed by atoms with E-state index in [1.54, 1.807) is 0 Å². The molecule has 1 amide bonds. The molecule has 0 saturated carbocycles. The number of piperidine rings is 1. The van der Waals surface area contributed by atoms with Crippen molar-refractivity contribution < 1.29 is 4.79 Å². The molecule has 2 rings (SSSR count). The van der Waals surface area contributed by atoms with E-state index < -0.39 is 0 Å². The lowest BCUT2D eigenvalue weighted by Gasteiger charge is -2.52. The second-order valence-electron chi connectivity index (χ2n) is 4.15. The first-order valence-electron chi connectivity index (χ1n) is 5.88. The molecule has 2 fully saturated rings. The smallest absolute Gasteiger partial charge is 0.245 e. The molecule has 0 aromatic rings. The first-order valence-corrected chi connectivity index (χ1v) is 5.88. The van der Waals surface area contributed by atoms with Gasteiger partial charge in [-0.1, -0.05) is 20.4 Å². The van der Waals surface area contributed by atoms with Gasteiger partial charge in [0.05, 0.1) is 0 Å². The first kappa shape index (κ1) is 12.2. The number of carbonyl (C=O) groups excluding carboxylic acids is 1. The van der Waals surface area contributed by atoms with Crippen LogP contribution >= 0.6 is 0 Å². The number of hydrogen-bond acceptors (Lipinski definition) is 2. The molecule has 2 aliphatic rings. The van der Waals surface area contributed by atoms with E-state index >= 15 is 0 Å². The fourth-order valence-electron chi connectivity index (χ4n) is 2.32. The topological polar surface area (TPSA) is 32.3 Å². The normalized spacial score (nSPS) is 22.4. The molecule has 1 spiro atoms. The number of hydrogen-bond donors (Lipinski definition) is 1. The number of nitrogens with one attached hydrogen (secondary N) is 1. The van der Waals surface area contributed by atoms with Gasteiger partial charge in [-0.3, -0.25) is 4.79 Å². The van der Waals surface area contributed by atoms with Gasteiger partial charge in [0, 0.05) is 18.5 Å². The van der Waals surface area contributed by atoms with Crippen molar-refractivity contribution in [1.82, 2.24) is 10.2 Å². The molecule has 0 aliphatic carbocycles. The average Bonchev–Trinajstić information content (AvgIpc) is 2.28. The monoisotopic (exact) mass is 210 g/mol. The molecule has 0 radical (unpaired) electrons. The summed E-state index contributed by atoms with van der Waals surface area (Å²) in [5.74, 6) is 0.0872. The quantitative estimate of drug-likeness (QED) is 0.664. The molecule has 0 aromatic heterocycles. The molecule has 0 aromatic carbocycles. The average molecular weight is 210 g/mol. The molecule has 2 saturated heterocycles. The van der Waals surface area contributed by atoms with Crippen molar-refractivity contribution in [1.29, 1.82) is 0 Å². The summed E-state index contributed by atoms with van der Waals surface area (Å²) in [4.78, 5) is 13.1. The van der Waals surface area contributed by atoms with Crippen LogP contribution in [0.5, 0.6) is 0 Å². The predicted molar refractivity (Wildman–Crippen MR) is 62.7 cm³/mol. The van der Waals surface area contributed by atoms with Crippen molar-refractivity contribution >= 4 is 5.91 Å². The Morgan fingerprint density at radius 1 is 1.33 bits per heavy atom. The summed E-state index contributed by atoms with van der Waals surface area (Å²) in [7, 11) is 0. The van der Waals surface area contributed by atoms with Crippen molar-refractivity contribution in [3.63, 3.8) is 0 Å². The van der Waals surface area contributed by atoms with Crippen molar-refractivity contribution in [2.75, 3.05) is 26.2 Å². The molecule has 1 N–H and O–H groups in total. The maximum atomic E-state index is 11.2. The molecule has 2 heterocycles. The van der Waals surface area contributed by atoms with Crippen LogP contribution in [0.1, 0.15) is 26.7 Å². The van der Waals surface area contributed by atoms with Crippen LogP contribution in [0.25, 0.3) is 0 Å². The number of carbonyl (C=O) groups is 1. The van der Waals surface area contributed by atoms with Gasteiger partial charge >= 0.3 is 0 Å². The number of amides is 1. The zero-order valence-corrected chi connectivity index (χ0v) is 9.88. The minimum absolute atomic E-state index is 0.0872. The molecule has 3 nitrogen and oxygen atoms in total. The van der Waals surface area contributed by atoms with Gasteiger partial charge in [-0.05, 0) is 32.0 Å². The third-order valence-corrected chi connectivity index (χ3v) is 3.20. The van der Waals surface area contributed by atoms with E-state index in [9.17, 15) is 4.79 Å². The Hall–Kier alpha value is -0.830. The Morgan fingerprint density at radius 2 is 1.87 bits per heavy atom. The Labute approximate surface area is 92.5 Å². The van der Waals surface area contributed by atoms with E-state index in [1.807, 2.05) is 18.7 Å². The van der Waals surface area contributed by atoms with Crippen LogP contribution in [-0.2, 0) is 4.79 Å². The number of nitrogens with zero attached hydrogens (tertiary/aromatic N) is 1. The standard InChI is InChI=1S/C10H16N2O.C2H6/c1-2-9(13)12-7-10(8-12)3-5-11-6-4-10;1-2/h2,11H,1,3-8H2;1-2H3. The van der Waals surface area contributed by atoms with Crippen LogP contribution in [-0.4, -0.2) is 37.0 Å². The maximum Gasteiger partial charge on any atom is 0.245 e. The van der Waals surface area contributed by atoms with Gasteiger partial charge in [-0.15, -0.1) is 0 Å². The molecule has 86 valence electrons. The van der Waals surface area contributed by atoms with Gasteiger partial charge in [0.2, 0.25) is 5.91 Å². The van der Waals surface area contributed by atoms with Gasteiger partial charge in [-0.25, -0.2) is 0 Å². The lowest BCUT2D eigenvalue weighted by atomic mass is 9.72. The first-order chi connectivity index (χ1) is 7.26. The fourth-order valence-corrected chi connectivity index (χ4v) is 2.32. The van der Waals surface area contributed by atoms with Crippen molar-refractivity contribution in [2.45, 2.75) is 26.7 Å². The number of likely N-dealkylation sites (tertiary alicyclic amines) is 1. The Bertz CT molecular complexity index is 224. The second kappa shape index (κ2) is 5.31. The van der Waals surface area contributed by atoms with E-state index in [0.717, 1.165) is 26.2 Å². The molecule has 0 unspecified atom stereocenters. The highest BCUT2D eigenvalue weighted by Crippen LogP contribution is 2.38.